The molecule has 2 N–H and O–H groups in total. The molecule has 0 unspecified atom stereocenters. The second-order valence-electron chi connectivity index (χ2n) is 8.71. The zero-order valence-electron chi connectivity index (χ0n) is 21.8. The fraction of sp³-hybridized carbons (Fsp3) is 0.269. The monoisotopic (exact) mass is 480 g/mol. The van der Waals surface area contributed by atoms with Crippen LogP contribution in [0, 0.1) is 12.7 Å². The van der Waals surface area contributed by atoms with Crippen LogP contribution in [0.25, 0.3) is 0 Å². The van der Waals surface area contributed by atoms with Crippen LogP contribution in [0.15, 0.2) is 54.9 Å². The number of nitrogens with one attached hydrogen (secondary N) is 2. The Morgan fingerprint density at radius 3 is 2.14 bits per heavy atom. The van der Waals surface area contributed by atoms with Gasteiger partial charge in [0.2, 0.25) is 0 Å². The largest absolute Gasteiger partial charge is 0.456 e. The Labute approximate surface area is 205 Å². The van der Waals surface area contributed by atoms with Gasteiger partial charge in [-0.25, -0.2) is 19.2 Å². The van der Waals surface area contributed by atoms with Crippen LogP contribution in [0.1, 0.15) is 71.5 Å². The van der Waals surface area contributed by atoms with Gasteiger partial charge in [-0.3, -0.25) is 9.59 Å². The van der Waals surface area contributed by atoms with Crippen molar-refractivity contribution in [3.63, 3.8) is 0 Å². The number of carbonyl (C=O) groups is 3. The van der Waals surface area contributed by atoms with Crippen molar-refractivity contribution >= 4 is 17.8 Å². The van der Waals surface area contributed by atoms with E-state index in [-0.39, 0.29) is 34.9 Å². The van der Waals surface area contributed by atoms with Gasteiger partial charge in [-0.15, -0.1) is 0 Å². The predicted octanol–water partition coefficient (Wildman–Crippen LogP) is 3.74. The molecule has 0 aliphatic heterocycles. The third-order valence-electron chi connectivity index (χ3n) is 4.65. The molecule has 0 fully saturated rings. The summed E-state index contributed by atoms with van der Waals surface area (Å²) < 4.78 is 35.3. The molecular formula is C26H27FN4O4. The van der Waals surface area contributed by atoms with Gasteiger partial charge in [0.1, 0.15) is 29.1 Å². The summed E-state index contributed by atoms with van der Waals surface area (Å²) in [5, 5.41) is 4.87. The number of nitrogens with zero attached hydrogens (tertiary/aromatic N) is 2. The van der Waals surface area contributed by atoms with Gasteiger partial charge in [0.25, 0.3) is 11.8 Å². The average molecular weight is 481 g/mol. The fourth-order valence-corrected chi connectivity index (χ4v) is 2.91. The highest BCUT2D eigenvalue weighted by atomic mass is 19.1. The van der Waals surface area contributed by atoms with Gasteiger partial charge in [0.05, 0.1) is 8.30 Å². The Balaban J connectivity index is 1.66. The van der Waals surface area contributed by atoms with Crippen molar-refractivity contribution in [1.82, 2.24) is 20.6 Å². The van der Waals surface area contributed by atoms with E-state index in [1.165, 1.54) is 30.3 Å². The SMILES string of the molecule is [2H]C([2H])(NC(=O)c1cc(C(=O)NCc2ccc(F)c(C)c2)ncn1)c1ccc(C(=O)OC(C)(C)C)cc1. The molecule has 2 aromatic carbocycles. The molecule has 0 spiro atoms. The number of aromatic nitrogens is 2. The van der Waals surface area contributed by atoms with Gasteiger partial charge in [0.15, 0.2) is 0 Å². The minimum absolute atomic E-state index is 0.0924. The van der Waals surface area contributed by atoms with E-state index in [1.54, 1.807) is 39.8 Å². The lowest BCUT2D eigenvalue weighted by atomic mass is 10.1. The normalized spacial score (nSPS) is 12.3. The summed E-state index contributed by atoms with van der Waals surface area (Å²) in [5.41, 5.74) is 0.476. The number of amides is 2. The topological polar surface area (TPSA) is 110 Å². The fourth-order valence-electron chi connectivity index (χ4n) is 2.91. The van der Waals surface area contributed by atoms with Crippen molar-refractivity contribution in [3.05, 3.63) is 94.3 Å². The minimum atomic E-state index is -2.31. The van der Waals surface area contributed by atoms with Gasteiger partial charge in [-0.1, -0.05) is 24.3 Å². The number of halogens is 1. The molecule has 3 aromatic rings. The van der Waals surface area contributed by atoms with Crippen LogP contribution < -0.4 is 10.6 Å². The van der Waals surface area contributed by atoms with E-state index in [2.05, 4.69) is 20.6 Å². The maximum Gasteiger partial charge on any atom is 0.338 e. The van der Waals surface area contributed by atoms with E-state index in [9.17, 15) is 18.8 Å². The van der Waals surface area contributed by atoms with E-state index >= 15 is 0 Å². The number of esters is 1. The van der Waals surface area contributed by atoms with Crippen LogP contribution in [0.3, 0.4) is 0 Å². The van der Waals surface area contributed by atoms with E-state index in [4.69, 9.17) is 7.48 Å². The van der Waals surface area contributed by atoms with E-state index in [0.29, 0.717) is 11.1 Å². The number of carbonyl (C=O) groups excluding carboxylic acids is 3. The molecule has 9 heteroatoms. The Hall–Kier alpha value is -4.14. The molecule has 2 amide bonds. The van der Waals surface area contributed by atoms with Crippen LogP contribution in [0.5, 0.6) is 0 Å². The minimum Gasteiger partial charge on any atom is -0.456 e. The lowest BCUT2D eigenvalue weighted by Gasteiger charge is -2.19. The van der Waals surface area contributed by atoms with Crippen molar-refractivity contribution in [3.8, 4) is 0 Å². The molecule has 0 aliphatic carbocycles. The molecule has 0 saturated heterocycles. The summed E-state index contributed by atoms with van der Waals surface area (Å²) in [5.74, 6) is -2.35. The predicted molar refractivity (Wildman–Crippen MR) is 127 cm³/mol. The first-order valence-corrected chi connectivity index (χ1v) is 10.8. The van der Waals surface area contributed by atoms with Gasteiger partial charge in [-0.2, -0.15) is 0 Å². The molecule has 3 rings (SSSR count). The van der Waals surface area contributed by atoms with Crippen molar-refractivity contribution in [1.29, 1.82) is 0 Å². The summed E-state index contributed by atoms with van der Waals surface area (Å²) in [4.78, 5) is 45.1. The van der Waals surface area contributed by atoms with Gasteiger partial charge in [-0.05, 0) is 62.6 Å². The smallest absolute Gasteiger partial charge is 0.338 e. The van der Waals surface area contributed by atoms with E-state index in [1.807, 2.05) is 0 Å². The third-order valence-corrected chi connectivity index (χ3v) is 4.65. The second kappa shape index (κ2) is 10.9. The average Bonchev–Trinajstić information content (AvgIpc) is 2.83. The molecule has 182 valence electrons. The van der Waals surface area contributed by atoms with Crippen molar-refractivity contribution in [2.45, 2.75) is 46.3 Å². The standard InChI is InChI=1S/C26H27FN4O4/c1-16-11-18(7-10-20(16)27)14-29-24(33)22-12-21(30-15-31-22)23(32)28-13-17-5-8-19(9-6-17)25(34)35-26(2,3)4/h5-12,15H,13-14H2,1-4H3,(H,28,32)(H,29,33)/i13D2. The Morgan fingerprint density at radius 2 is 1.54 bits per heavy atom. The summed E-state index contributed by atoms with van der Waals surface area (Å²) in [7, 11) is 0. The molecular weight excluding hydrogens is 451 g/mol. The lowest BCUT2D eigenvalue weighted by molar-refractivity contribution is 0.00692. The zero-order valence-corrected chi connectivity index (χ0v) is 19.8. The third kappa shape index (κ3) is 7.43. The van der Waals surface area contributed by atoms with Crippen LogP contribution in [-0.2, 0) is 17.8 Å². The Kier molecular flexibility index (Phi) is 7.02. The van der Waals surface area contributed by atoms with Crippen LogP contribution in [-0.4, -0.2) is 33.4 Å². The number of rotatable bonds is 7. The summed E-state index contributed by atoms with van der Waals surface area (Å²) in [6.07, 6.45) is 1.02. The van der Waals surface area contributed by atoms with Gasteiger partial charge < -0.3 is 15.4 Å². The molecule has 1 aromatic heterocycles. The van der Waals surface area contributed by atoms with Crippen LogP contribution in [0.4, 0.5) is 4.39 Å². The summed E-state index contributed by atoms with van der Waals surface area (Å²) >= 11 is 0. The van der Waals surface area contributed by atoms with Crippen molar-refractivity contribution in [2.75, 3.05) is 0 Å². The molecule has 8 nitrogen and oxygen atoms in total. The Morgan fingerprint density at radius 1 is 0.943 bits per heavy atom. The highest BCUT2D eigenvalue weighted by Gasteiger charge is 2.18. The maximum atomic E-state index is 13.4. The van der Waals surface area contributed by atoms with Crippen molar-refractivity contribution in [2.24, 2.45) is 0 Å². The quantitative estimate of drug-likeness (QED) is 0.499. The first-order chi connectivity index (χ1) is 17.2. The number of ether oxygens (including phenoxy) is 1. The van der Waals surface area contributed by atoms with Crippen LogP contribution in [0.2, 0.25) is 0 Å². The van der Waals surface area contributed by atoms with Crippen molar-refractivity contribution < 1.29 is 26.3 Å². The molecule has 0 radical (unpaired) electrons. The molecule has 0 bridgehead atoms. The van der Waals surface area contributed by atoms with Gasteiger partial charge >= 0.3 is 5.97 Å². The Bertz CT molecular complexity index is 1320. The van der Waals surface area contributed by atoms with E-state index < -0.39 is 29.9 Å². The first kappa shape index (κ1) is 22.6. The molecule has 0 aliphatic rings. The molecule has 0 atom stereocenters. The second-order valence-corrected chi connectivity index (χ2v) is 8.71. The number of benzene rings is 2. The number of hydrogen-bond donors (Lipinski definition) is 2. The molecule has 1 heterocycles. The lowest BCUT2D eigenvalue weighted by Crippen LogP contribution is -2.27. The summed E-state index contributed by atoms with van der Waals surface area (Å²) in [6, 6.07) is 11.2. The number of aryl methyl sites for hydroxylation is 1. The first-order valence-electron chi connectivity index (χ1n) is 11.8. The van der Waals surface area contributed by atoms with Crippen LogP contribution >= 0.6 is 0 Å². The summed E-state index contributed by atoms with van der Waals surface area (Å²) in [6.45, 7) is 4.64. The highest BCUT2D eigenvalue weighted by Crippen LogP contribution is 2.13. The number of hydrogen-bond acceptors (Lipinski definition) is 6. The maximum absolute atomic E-state index is 13.4. The molecule has 0 saturated carbocycles. The molecule has 35 heavy (non-hydrogen) atoms. The van der Waals surface area contributed by atoms with Gasteiger partial charge in [0, 0.05) is 19.1 Å². The zero-order chi connectivity index (χ0) is 27.4. The highest BCUT2D eigenvalue weighted by molar-refractivity contribution is 5.97. The van der Waals surface area contributed by atoms with E-state index in [0.717, 1.165) is 12.4 Å².